The van der Waals surface area contributed by atoms with Gasteiger partial charge in [-0.25, -0.2) is 0 Å². The van der Waals surface area contributed by atoms with Gasteiger partial charge in [-0.05, 0) is 30.0 Å². The quantitative estimate of drug-likeness (QED) is 0.653. The van der Waals surface area contributed by atoms with Gasteiger partial charge in [0.25, 0.3) is 0 Å². The number of pyridine rings is 1. The second kappa shape index (κ2) is 7.43. The lowest BCUT2D eigenvalue weighted by Crippen LogP contribution is -2.22. The molecule has 1 aromatic heterocycles. The van der Waals surface area contributed by atoms with Gasteiger partial charge in [-0.15, -0.1) is 11.8 Å². The lowest BCUT2D eigenvalue weighted by molar-refractivity contribution is 0.882. The highest BCUT2D eigenvalue weighted by Crippen LogP contribution is 2.30. The number of benzene rings is 1. The van der Waals surface area contributed by atoms with Gasteiger partial charge in [0, 0.05) is 29.4 Å². The lowest BCUT2D eigenvalue weighted by Gasteiger charge is -2.23. The molecular weight excluding hydrogens is 298 g/mol. The molecule has 1 heterocycles. The third-order valence-corrected chi connectivity index (χ3v) is 4.23. The highest BCUT2D eigenvalue weighted by atomic mass is 32.2. The first-order chi connectivity index (χ1) is 10.1. The van der Waals surface area contributed by atoms with Crippen LogP contribution < -0.4 is 10.6 Å². The zero-order valence-electron chi connectivity index (χ0n) is 12.2. The first-order valence-corrected chi connectivity index (χ1v) is 8.19. The van der Waals surface area contributed by atoms with E-state index in [4.69, 9.17) is 18.0 Å². The Balaban J connectivity index is 2.34. The molecule has 0 saturated heterocycles. The molecule has 0 unspecified atom stereocenters. The summed E-state index contributed by atoms with van der Waals surface area (Å²) < 4.78 is 0. The Hall–Kier alpha value is -1.59. The largest absolute Gasteiger partial charge is 0.389 e. The van der Waals surface area contributed by atoms with Crippen molar-refractivity contribution in [2.45, 2.75) is 18.4 Å². The first kappa shape index (κ1) is 15.8. The highest BCUT2D eigenvalue weighted by molar-refractivity contribution is 7.99. The fraction of sp³-hybridized carbons (Fsp3) is 0.250. The van der Waals surface area contributed by atoms with Gasteiger partial charge in [-0.1, -0.05) is 31.3 Å². The number of hydrogen-bond donors (Lipinski definition) is 1. The molecule has 0 aliphatic carbocycles. The van der Waals surface area contributed by atoms with Crippen LogP contribution in [-0.4, -0.2) is 22.8 Å². The van der Waals surface area contributed by atoms with Crippen molar-refractivity contribution in [3.8, 4) is 0 Å². The molecule has 0 fully saturated rings. The molecule has 0 radical (unpaired) electrons. The summed E-state index contributed by atoms with van der Waals surface area (Å²) in [5.41, 5.74) is 8.97. The highest BCUT2D eigenvalue weighted by Gasteiger charge is 2.14. The van der Waals surface area contributed by atoms with Crippen LogP contribution in [0.4, 0.5) is 5.69 Å². The summed E-state index contributed by atoms with van der Waals surface area (Å²) >= 11 is 7.02. The van der Waals surface area contributed by atoms with Gasteiger partial charge in [0.2, 0.25) is 0 Å². The Bertz CT molecular complexity index is 614. The number of thiocarbonyl (C=S) groups is 1. The molecule has 0 spiro atoms. The summed E-state index contributed by atoms with van der Waals surface area (Å²) in [5, 5.41) is 0. The number of nitrogens with zero attached hydrogens (tertiary/aromatic N) is 2. The van der Waals surface area contributed by atoms with Gasteiger partial charge in [0.15, 0.2) is 0 Å². The van der Waals surface area contributed by atoms with E-state index in [0.29, 0.717) is 4.99 Å². The molecule has 0 bridgehead atoms. The average Bonchev–Trinajstić information content (AvgIpc) is 2.48. The zero-order valence-corrected chi connectivity index (χ0v) is 13.9. The van der Waals surface area contributed by atoms with Crippen LogP contribution in [0.3, 0.4) is 0 Å². The van der Waals surface area contributed by atoms with Crippen molar-refractivity contribution in [1.29, 1.82) is 0 Å². The SMILES string of the molecule is CCSc1cccc(N(C)Cc2ccccn2)c1C(N)=S. The van der Waals surface area contributed by atoms with Crippen LogP contribution in [0.5, 0.6) is 0 Å². The van der Waals surface area contributed by atoms with Crippen molar-refractivity contribution in [2.24, 2.45) is 5.73 Å². The van der Waals surface area contributed by atoms with E-state index in [2.05, 4.69) is 28.9 Å². The van der Waals surface area contributed by atoms with Crippen molar-refractivity contribution < 1.29 is 0 Å². The maximum Gasteiger partial charge on any atom is 0.107 e. The van der Waals surface area contributed by atoms with Gasteiger partial charge in [0.1, 0.15) is 4.99 Å². The topological polar surface area (TPSA) is 42.2 Å². The molecule has 0 saturated carbocycles. The van der Waals surface area contributed by atoms with Crippen LogP contribution in [0.25, 0.3) is 0 Å². The number of thioether (sulfide) groups is 1. The standard InChI is InChI=1S/C16H19N3S2/c1-3-21-14-9-6-8-13(15(14)16(17)20)19(2)11-12-7-4-5-10-18-12/h4-10H,3,11H2,1-2H3,(H2,17,20). The van der Waals surface area contributed by atoms with Gasteiger partial charge in [-0.2, -0.15) is 0 Å². The smallest absolute Gasteiger partial charge is 0.107 e. The van der Waals surface area contributed by atoms with Crippen LogP contribution in [0, 0.1) is 0 Å². The van der Waals surface area contributed by atoms with E-state index in [1.165, 1.54) is 0 Å². The summed E-state index contributed by atoms with van der Waals surface area (Å²) in [6, 6.07) is 12.1. The summed E-state index contributed by atoms with van der Waals surface area (Å²) in [5.74, 6) is 0.989. The number of nitrogens with two attached hydrogens (primary N) is 1. The number of rotatable bonds is 6. The van der Waals surface area contributed by atoms with Gasteiger partial charge < -0.3 is 10.6 Å². The molecule has 0 atom stereocenters. The van der Waals surface area contributed by atoms with E-state index < -0.39 is 0 Å². The van der Waals surface area contributed by atoms with Crippen molar-refractivity contribution >= 4 is 34.7 Å². The van der Waals surface area contributed by atoms with Crippen LogP contribution in [0.15, 0.2) is 47.5 Å². The Morgan fingerprint density at radius 2 is 2.10 bits per heavy atom. The van der Waals surface area contributed by atoms with Crippen molar-refractivity contribution in [3.63, 3.8) is 0 Å². The summed E-state index contributed by atoms with van der Waals surface area (Å²) in [7, 11) is 2.03. The Morgan fingerprint density at radius 1 is 1.29 bits per heavy atom. The van der Waals surface area contributed by atoms with Crippen molar-refractivity contribution in [1.82, 2.24) is 4.98 Å². The molecule has 5 heteroatoms. The Labute approximate surface area is 135 Å². The number of aromatic nitrogens is 1. The lowest BCUT2D eigenvalue weighted by atomic mass is 10.1. The zero-order chi connectivity index (χ0) is 15.2. The van der Waals surface area contributed by atoms with Crippen molar-refractivity contribution in [3.05, 3.63) is 53.9 Å². The average molecular weight is 317 g/mol. The maximum atomic E-state index is 5.95. The van der Waals surface area contributed by atoms with Crippen LogP contribution >= 0.6 is 24.0 Å². The van der Waals surface area contributed by atoms with E-state index in [-0.39, 0.29) is 0 Å². The Kier molecular flexibility index (Phi) is 5.59. The maximum absolute atomic E-state index is 5.95. The molecule has 1 aromatic carbocycles. The van der Waals surface area contributed by atoms with E-state index in [9.17, 15) is 0 Å². The third-order valence-electron chi connectivity index (χ3n) is 3.09. The van der Waals surface area contributed by atoms with E-state index >= 15 is 0 Å². The van der Waals surface area contributed by atoms with Crippen molar-refractivity contribution in [2.75, 3.05) is 17.7 Å². The summed E-state index contributed by atoms with van der Waals surface area (Å²) in [4.78, 5) is 8.08. The molecule has 0 amide bonds. The molecule has 0 aliphatic heterocycles. The Morgan fingerprint density at radius 3 is 2.71 bits per heavy atom. The minimum Gasteiger partial charge on any atom is -0.389 e. The molecule has 0 aliphatic rings. The minimum absolute atomic E-state index is 0.439. The molecule has 2 N–H and O–H groups in total. The molecule has 2 rings (SSSR count). The van der Waals surface area contributed by atoms with Crippen LogP contribution in [0.1, 0.15) is 18.2 Å². The van der Waals surface area contributed by atoms with Crippen LogP contribution in [-0.2, 0) is 6.54 Å². The first-order valence-electron chi connectivity index (χ1n) is 6.80. The fourth-order valence-electron chi connectivity index (χ4n) is 2.18. The third kappa shape index (κ3) is 3.95. The van der Waals surface area contributed by atoms with E-state index in [0.717, 1.165) is 34.1 Å². The predicted molar refractivity (Wildman–Crippen MR) is 95.1 cm³/mol. The van der Waals surface area contributed by atoms with E-state index in [1.807, 2.05) is 31.3 Å². The molecule has 2 aromatic rings. The second-order valence-electron chi connectivity index (χ2n) is 4.62. The predicted octanol–water partition coefficient (Wildman–Crippen LogP) is 3.46. The van der Waals surface area contributed by atoms with Gasteiger partial charge in [0.05, 0.1) is 12.2 Å². The van der Waals surface area contributed by atoms with Gasteiger partial charge in [-0.3, -0.25) is 4.98 Å². The summed E-state index contributed by atoms with van der Waals surface area (Å²) in [6.45, 7) is 2.84. The molecule has 110 valence electrons. The second-order valence-corrected chi connectivity index (χ2v) is 6.37. The van der Waals surface area contributed by atoms with Crippen LogP contribution in [0.2, 0.25) is 0 Å². The summed E-state index contributed by atoms with van der Waals surface area (Å²) in [6.07, 6.45) is 1.81. The molecular formula is C16H19N3S2. The monoisotopic (exact) mass is 317 g/mol. The fourth-order valence-corrected chi connectivity index (χ4v) is 3.30. The minimum atomic E-state index is 0.439. The molecule has 21 heavy (non-hydrogen) atoms. The number of anilines is 1. The molecule has 3 nitrogen and oxygen atoms in total. The van der Waals surface area contributed by atoms with Gasteiger partial charge >= 0.3 is 0 Å². The van der Waals surface area contributed by atoms with E-state index in [1.54, 1.807) is 18.0 Å². The normalized spacial score (nSPS) is 10.4. The number of hydrogen-bond acceptors (Lipinski definition) is 4.